The summed E-state index contributed by atoms with van der Waals surface area (Å²) in [6, 6.07) is 0. The molecule has 46 valence electrons. The van der Waals surface area contributed by atoms with E-state index in [1.54, 1.807) is 0 Å². The molecule has 0 saturated heterocycles. The van der Waals surface area contributed by atoms with Gasteiger partial charge in [-0.25, -0.2) is 0 Å². The first-order chi connectivity index (χ1) is 3.71. The average molecular weight is 113 g/mol. The van der Waals surface area contributed by atoms with Crippen LogP contribution < -0.4 is 0 Å². The van der Waals surface area contributed by atoms with E-state index in [0.29, 0.717) is 0 Å². The standard InChI is InChI=1S/C6H11NO/c1-7(2)6(5-8)3-4-6/h5H,3-4H2,1-2H3. The van der Waals surface area contributed by atoms with Crippen molar-refractivity contribution >= 4 is 6.29 Å². The SMILES string of the molecule is CN(C)C1(C=O)CC1. The van der Waals surface area contributed by atoms with Gasteiger partial charge >= 0.3 is 0 Å². The highest BCUT2D eigenvalue weighted by Crippen LogP contribution is 2.37. The summed E-state index contributed by atoms with van der Waals surface area (Å²) < 4.78 is 0. The molecule has 0 spiro atoms. The monoisotopic (exact) mass is 113 g/mol. The largest absolute Gasteiger partial charge is 0.301 e. The lowest BCUT2D eigenvalue weighted by Crippen LogP contribution is -2.31. The van der Waals surface area contributed by atoms with Crippen LogP contribution in [0.3, 0.4) is 0 Å². The second-order valence-corrected chi connectivity index (χ2v) is 2.62. The molecular formula is C6H11NO. The maximum atomic E-state index is 10.3. The van der Waals surface area contributed by atoms with E-state index < -0.39 is 0 Å². The van der Waals surface area contributed by atoms with E-state index in [1.807, 2.05) is 19.0 Å². The molecule has 8 heavy (non-hydrogen) atoms. The predicted octanol–water partition coefficient (Wildman–Crippen LogP) is 0.279. The predicted molar refractivity (Wildman–Crippen MR) is 31.7 cm³/mol. The number of likely N-dealkylation sites (N-methyl/N-ethyl adjacent to an activating group) is 1. The average Bonchev–Trinajstić information content (AvgIpc) is 2.44. The van der Waals surface area contributed by atoms with E-state index in [9.17, 15) is 4.79 Å². The number of hydrogen-bond acceptors (Lipinski definition) is 2. The second-order valence-electron chi connectivity index (χ2n) is 2.62. The third-order valence-corrected chi connectivity index (χ3v) is 1.87. The van der Waals surface area contributed by atoms with Gasteiger partial charge in [0.05, 0.1) is 5.54 Å². The van der Waals surface area contributed by atoms with Gasteiger partial charge in [-0.1, -0.05) is 0 Å². The molecule has 1 aliphatic rings. The summed E-state index contributed by atoms with van der Waals surface area (Å²) >= 11 is 0. The van der Waals surface area contributed by atoms with E-state index in [0.717, 1.165) is 19.1 Å². The quantitative estimate of drug-likeness (QED) is 0.479. The van der Waals surface area contributed by atoms with Crippen LogP contribution in [0.4, 0.5) is 0 Å². The lowest BCUT2D eigenvalue weighted by Gasteiger charge is -2.15. The van der Waals surface area contributed by atoms with Crippen LogP contribution in [-0.2, 0) is 4.79 Å². The molecule has 1 fully saturated rings. The minimum Gasteiger partial charge on any atom is -0.301 e. The van der Waals surface area contributed by atoms with Crippen LogP contribution in [0.1, 0.15) is 12.8 Å². The zero-order valence-electron chi connectivity index (χ0n) is 5.35. The highest BCUT2D eigenvalue weighted by Gasteiger charge is 2.44. The first-order valence-corrected chi connectivity index (χ1v) is 2.85. The molecule has 2 heteroatoms. The zero-order valence-corrected chi connectivity index (χ0v) is 5.35. The Balaban J connectivity index is 2.53. The Morgan fingerprint density at radius 2 is 2.00 bits per heavy atom. The van der Waals surface area contributed by atoms with E-state index in [4.69, 9.17) is 0 Å². The van der Waals surface area contributed by atoms with Gasteiger partial charge in [0.15, 0.2) is 0 Å². The third kappa shape index (κ3) is 0.650. The van der Waals surface area contributed by atoms with E-state index in [1.165, 1.54) is 0 Å². The minimum atomic E-state index is -0.0556. The van der Waals surface area contributed by atoms with Gasteiger partial charge in [-0.2, -0.15) is 0 Å². The molecule has 1 aliphatic carbocycles. The van der Waals surface area contributed by atoms with Gasteiger partial charge in [0.1, 0.15) is 6.29 Å². The lowest BCUT2D eigenvalue weighted by atomic mass is 10.3. The molecule has 0 aliphatic heterocycles. The molecule has 2 nitrogen and oxygen atoms in total. The first kappa shape index (κ1) is 5.76. The summed E-state index contributed by atoms with van der Waals surface area (Å²) in [6.07, 6.45) is 3.14. The van der Waals surface area contributed by atoms with Gasteiger partial charge in [-0.3, -0.25) is 4.90 Å². The summed E-state index contributed by atoms with van der Waals surface area (Å²) in [6.45, 7) is 0. The summed E-state index contributed by atoms with van der Waals surface area (Å²) in [4.78, 5) is 12.3. The van der Waals surface area contributed by atoms with Crippen LogP contribution in [0.15, 0.2) is 0 Å². The molecule has 0 amide bonds. The topological polar surface area (TPSA) is 20.3 Å². The highest BCUT2D eigenvalue weighted by atomic mass is 16.1. The number of nitrogens with zero attached hydrogens (tertiary/aromatic N) is 1. The third-order valence-electron chi connectivity index (χ3n) is 1.87. The van der Waals surface area contributed by atoms with Crippen molar-refractivity contribution in [1.82, 2.24) is 4.90 Å². The van der Waals surface area contributed by atoms with Crippen LogP contribution in [0.5, 0.6) is 0 Å². The molecule has 1 saturated carbocycles. The normalized spacial score (nSPS) is 23.4. The van der Waals surface area contributed by atoms with Gasteiger partial charge in [0.25, 0.3) is 0 Å². The van der Waals surface area contributed by atoms with Gasteiger partial charge in [0, 0.05) is 0 Å². The van der Waals surface area contributed by atoms with Crippen molar-refractivity contribution in [3.05, 3.63) is 0 Å². The van der Waals surface area contributed by atoms with E-state index >= 15 is 0 Å². The van der Waals surface area contributed by atoms with Crippen molar-refractivity contribution in [1.29, 1.82) is 0 Å². The molecule has 0 aromatic rings. The Hall–Kier alpha value is -0.370. The summed E-state index contributed by atoms with van der Waals surface area (Å²) in [5, 5.41) is 0. The molecule has 0 heterocycles. The number of hydrogen-bond donors (Lipinski definition) is 0. The van der Waals surface area contributed by atoms with E-state index in [-0.39, 0.29) is 5.54 Å². The summed E-state index contributed by atoms with van der Waals surface area (Å²) in [5.41, 5.74) is -0.0556. The Morgan fingerprint density at radius 1 is 1.50 bits per heavy atom. The number of carbonyl (C=O) groups is 1. The van der Waals surface area contributed by atoms with Crippen LogP contribution >= 0.6 is 0 Å². The highest BCUT2D eigenvalue weighted by molar-refractivity contribution is 5.68. The van der Waals surface area contributed by atoms with Gasteiger partial charge in [-0.05, 0) is 26.9 Å². The van der Waals surface area contributed by atoms with Crippen molar-refractivity contribution in [3.8, 4) is 0 Å². The fraction of sp³-hybridized carbons (Fsp3) is 0.833. The minimum absolute atomic E-state index is 0.0556. The van der Waals surface area contributed by atoms with Gasteiger partial charge in [-0.15, -0.1) is 0 Å². The lowest BCUT2D eigenvalue weighted by molar-refractivity contribution is -0.112. The molecule has 0 radical (unpaired) electrons. The number of carbonyl (C=O) groups excluding carboxylic acids is 1. The fourth-order valence-corrected chi connectivity index (χ4v) is 0.799. The van der Waals surface area contributed by atoms with Crippen molar-refractivity contribution < 1.29 is 4.79 Å². The fourth-order valence-electron chi connectivity index (χ4n) is 0.799. The maximum absolute atomic E-state index is 10.3. The molecule has 0 N–H and O–H groups in total. The van der Waals surface area contributed by atoms with Crippen LogP contribution in [0.25, 0.3) is 0 Å². The molecule has 0 aromatic carbocycles. The van der Waals surface area contributed by atoms with Gasteiger partial charge < -0.3 is 4.79 Å². The maximum Gasteiger partial charge on any atom is 0.140 e. The number of aldehydes is 1. The van der Waals surface area contributed by atoms with Crippen LogP contribution in [-0.4, -0.2) is 30.8 Å². The van der Waals surface area contributed by atoms with Crippen LogP contribution in [0, 0.1) is 0 Å². The van der Waals surface area contributed by atoms with Gasteiger partial charge in [0.2, 0.25) is 0 Å². The Kier molecular flexibility index (Phi) is 1.12. The molecule has 0 atom stereocenters. The van der Waals surface area contributed by atoms with Crippen molar-refractivity contribution in [2.75, 3.05) is 14.1 Å². The number of rotatable bonds is 2. The molecule has 0 bridgehead atoms. The Bertz CT molecular complexity index is 105. The summed E-state index contributed by atoms with van der Waals surface area (Å²) in [5.74, 6) is 0. The first-order valence-electron chi connectivity index (χ1n) is 2.85. The smallest absolute Gasteiger partial charge is 0.140 e. The molecule has 1 rings (SSSR count). The Labute approximate surface area is 49.5 Å². The van der Waals surface area contributed by atoms with Crippen molar-refractivity contribution in [2.24, 2.45) is 0 Å². The second kappa shape index (κ2) is 1.55. The summed E-state index contributed by atoms with van der Waals surface area (Å²) in [7, 11) is 3.89. The molecular weight excluding hydrogens is 102 g/mol. The zero-order chi connectivity index (χ0) is 6.20. The van der Waals surface area contributed by atoms with Crippen molar-refractivity contribution in [3.63, 3.8) is 0 Å². The molecule has 0 aromatic heterocycles. The van der Waals surface area contributed by atoms with E-state index in [2.05, 4.69) is 0 Å². The molecule has 0 unspecified atom stereocenters. The Morgan fingerprint density at radius 3 is 2.00 bits per heavy atom. The van der Waals surface area contributed by atoms with Crippen molar-refractivity contribution in [2.45, 2.75) is 18.4 Å². The van der Waals surface area contributed by atoms with Crippen LogP contribution in [0.2, 0.25) is 0 Å².